The number of hydrogen-bond donors (Lipinski definition) is 1. The van der Waals surface area contributed by atoms with Gasteiger partial charge in [-0.25, -0.2) is 0 Å². The minimum atomic E-state index is -0.450. The molecule has 1 aliphatic heterocycles. The van der Waals surface area contributed by atoms with Crippen LogP contribution in [0, 0.1) is 0 Å². The molecule has 5 rings (SSSR count). The van der Waals surface area contributed by atoms with E-state index in [1.165, 1.54) is 0 Å². The van der Waals surface area contributed by atoms with E-state index >= 15 is 0 Å². The van der Waals surface area contributed by atoms with Crippen LogP contribution >= 0.6 is 11.6 Å². The standard InChI is InChI=1S/C28H21ClN2O4/c29-27-21(4-3-5-22(27)23-11-12-26(33)31-28(23)34)19-8-7-18-15-20(10-9-17(18)14-19)35-16-25(32)24-6-1-2-13-30-24/h1-10,13-15,23H,11-12,16H2,(H,31,33,34). The van der Waals surface area contributed by atoms with Crippen molar-refractivity contribution in [3.8, 4) is 16.9 Å². The summed E-state index contributed by atoms with van der Waals surface area (Å²) in [7, 11) is 0. The Bertz CT molecular complexity index is 1450. The molecule has 3 aromatic carbocycles. The van der Waals surface area contributed by atoms with Crippen molar-refractivity contribution in [3.05, 3.63) is 95.3 Å². The molecule has 2 heterocycles. The van der Waals surface area contributed by atoms with Crippen molar-refractivity contribution in [2.45, 2.75) is 18.8 Å². The maximum atomic E-state index is 12.4. The summed E-state index contributed by atoms with van der Waals surface area (Å²) in [5.41, 5.74) is 2.82. The number of Topliss-reactive ketones (excluding diaryl/α,β-unsaturated/α-hetero) is 1. The van der Waals surface area contributed by atoms with Crippen molar-refractivity contribution >= 4 is 40.0 Å². The summed E-state index contributed by atoms with van der Waals surface area (Å²) in [5.74, 6) is -0.613. The highest BCUT2D eigenvalue weighted by atomic mass is 35.5. The van der Waals surface area contributed by atoms with Crippen molar-refractivity contribution < 1.29 is 19.1 Å². The number of nitrogens with one attached hydrogen (secondary N) is 1. The molecule has 1 aliphatic rings. The largest absolute Gasteiger partial charge is 0.485 e. The Morgan fingerprint density at radius 3 is 2.63 bits per heavy atom. The maximum absolute atomic E-state index is 12.4. The minimum Gasteiger partial charge on any atom is -0.485 e. The number of ketones is 1. The Kier molecular flexibility index (Phi) is 6.29. The quantitative estimate of drug-likeness (QED) is 0.295. The molecule has 6 nitrogen and oxygen atoms in total. The second kappa shape index (κ2) is 9.68. The number of pyridine rings is 1. The molecule has 2 amide bonds. The molecular formula is C28H21ClN2O4. The van der Waals surface area contributed by atoms with Gasteiger partial charge in [-0.15, -0.1) is 0 Å². The molecule has 0 radical (unpaired) electrons. The van der Waals surface area contributed by atoms with Gasteiger partial charge in [0.25, 0.3) is 0 Å². The summed E-state index contributed by atoms with van der Waals surface area (Å²) in [5, 5.41) is 4.84. The lowest BCUT2D eigenvalue weighted by Crippen LogP contribution is -2.39. The van der Waals surface area contributed by atoms with E-state index in [0.29, 0.717) is 29.3 Å². The molecule has 1 aromatic heterocycles. The van der Waals surface area contributed by atoms with E-state index in [9.17, 15) is 14.4 Å². The van der Waals surface area contributed by atoms with Crippen molar-refractivity contribution in [1.29, 1.82) is 0 Å². The summed E-state index contributed by atoms with van der Waals surface area (Å²) >= 11 is 6.75. The Morgan fingerprint density at radius 1 is 1.00 bits per heavy atom. The van der Waals surface area contributed by atoms with Gasteiger partial charge in [-0.1, -0.05) is 54.1 Å². The van der Waals surface area contributed by atoms with E-state index in [4.69, 9.17) is 16.3 Å². The smallest absolute Gasteiger partial charge is 0.234 e. The topological polar surface area (TPSA) is 85.4 Å². The number of halogens is 1. The van der Waals surface area contributed by atoms with Gasteiger partial charge in [0, 0.05) is 18.2 Å². The summed E-state index contributed by atoms with van der Waals surface area (Å²) in [6.07, 6.45) is 2.32. The zero-order valence-corrected chi connectivity index (χ0v) is 19.4. The van der Waals surface area contributed by atoms with Crippen molar-refractivity contribution in [1.82, 2.24) is 10.3 Å². The van der Waals surface area contributed by atoms with Gasteiger partial charge in [-0.2, -0.15) is 0 Å². The van der Waals surface area contributed by atoms with Crippen LogP contribution in [-0.2, 0) is 9.59 Å². The Labute approximate surface area is 206 Å². The molecule has 7 heteroatoms. The van der Waals surface area contributed by atoms with E-state index in [1.54, 1.807) is 24.4 Å². The monoisotopic (exact) mass is 484 g/mol. The zero-order chi connectivity index (χ0) is 24.4. The van der Waals surface area contributed by atoms with Crippen LogP contribution in [0.2, 0.25) is 5.02 Å². The average Bonchev–Trinajstić information content (AvgIpc) is 2.88. The van der Waals surface area contributed by atoms with E-state index in [0.717, 1.165) is 27.5 Å². The first-order chi connectivity index (χ1) is 17.0. The number of carbonyl (C=O) groups is 3. The zero-order valence-electron chi connectivity index (χ0n) is 18.7. The molecule has 1 fully saturated rings. The molecule has 0 spiro atoms. The number of imide groups is 1. The predicted octanol–water partition coefficient (Wildman–Crippen LogP) is 5.34. The van der Waals surface area contributed by atoms with Crippen molar-refractivity contribution in [3.63, 3.8) is 0 Å². The second-order valence-corrected chi connectivity index (χ2v) is 8.74. The van der Waals surface area contributed by atoms with Crippen LogP contribution in [0.4, 0.5) is 0 Å². The minimum absolute atomic E-state index is 0.0939. The number of fused-ring (bicyclic) bond motifs is 1. The fourth-order valence-corrected chi connectivity index (χ4v) is 4.63. The number of ether oxygens (including phenoxy) is 1. The summed E-state index contributed by atoms with van der Waals surface area (Å²) < 4.78 is 5.69. The number of aromatic nitrogens is 1. The Hall–Kier alpha value is -4.03. The normalized spacial score (nSPS) is 15.6. The first kappa shape index (κ1) is 22.7. The number of carbonyl (C=O) groups excluding carboxylic acids is 3. The number of benzene rings is 3. The first-order valence-corrected chi connectivity index (χ1v) is 11.6. The van der Waals surface area contributed by atoms with E-state index in [1.807, 2.05) is 54.6 Å². The average molecular weight is 485 g/mol. The maximum Gasteiger partial charge on any atom is 0.234 e. The number of rotatable bonds is 6. The van der Waals surface area contributed by atoms with Crippen LogP contribution in [0.5, 0.6) is 5.75 Å². The predicted molar refractivity (Wildman–Crippen MR) is 134 cm³/mol. The van der Waals surface area contributed by atoms with Crippen molar-refractivity contribution in [2.24, 2.45) is 0 Å². The van der Waals surface area contributed by atoms with E-state index in [-0.39, 0.29) is 24.2 Å². The van der Waals surface area contributed by atoms with E-state index < -0.39 is 5.92 Å². The van der Waals surface area contributed by atoms with Gasteiger partial charge in [-0.3, -0.25) is 24.7 Å². The lowest BCUT2D eigenvalue weighted by Gasteiger charge is -2.23. The Morgan fingerprint density at radius 2 is 1.83 bits per heavy atom. The third-order valence-corrected chi connectivity index (χ3v) is 6.51. The summed E-state index contributed by atoms with van der Waals surface area (Å²) in [6.45, 7) is -0.0939. The molecule has 4 aromatic rings. The Balaban J connectivity index is 1.37. The van der Waals surface area contributed by atoms with E-state index in [2.05, 4.69) is 10.3 Å². The van der Waals surface area contributed by atoms with Gasteiger partial charge < -0.3 is 4.74 Å². The van der Waals surface area contributed by atoms with Crippen LogP contribution < -0.4 is 10.1 Å². The van der Waals surface area contributed by atoms with Crippen LogP contribution in [0.15, 0.2) is 79.0 Å². The molecule has 35 heavy (non-hydrogen) atoms. The molecule has 1 saturated heterocycles. The molecule has 0 bridgehead atoms. The molecular weight excluding hydrogens is 464 g/mol. The van der Waals surface area contributed by atoms with Gasteiger partial charge in [0.15, 0.2) is 6.61 Å². The highest BCUT2D eigenvalue weighted by Gasteiger charge is 2.30. The third kappa shape index (κ3) is 4.79. The van der Waals surface area contributed by atoms with Crippen LogP contribution in [0.1, 0.15) is 34.8 Å². The van der Waals surface area contributed by atoms with Crippen molar-refractivity contribution in [2.75, 3.05) is 6.61 Å². The highest BCUT2D eigenvalue weighted by Crippen LogP contribution is 2.38. The van der Waals surface area contributed by atoms with Gasteiger partial charge in [0.2, 0.25) is 17.6 Å². The van der Waals surface area contributed by atoms with Gasteiger partial charge in [0.1, 0.15) is 11.4 Å². The van der Waals surface area contributed by atoms with Crippen LogP contribution in [0.3, 0.4) is 0 Å². The molecule has 1 unspecified atom stereocenters. The van der Waals surface area contributed by atoms with Crippen LogP contribution in [0.25, 0.3) is 21.9 Å². The fourth-order valence-electron chi connectivity index (χ4n) is 4.26. The molecule has 174 valence electrons. The first-order valence-electron chi connectivity index (χ1n) is 11.2. The number of piperidine rings is 1. The highest BCUT2D eigenvalue weighted by molar-refractivity contribution is 6.34. The summed E-state index contributed by atoms with van der Waals surface area (Å²) in [4.78, 5) is 40.2. The molecule has 1 N–H and O–H groups in total. The molecule has 0 aliphatic carbocycles. The fraction of sp³-hybridized carbons (Fsp3) is 0.143. The van der Waals surface area contributed by atoms with Gasteiger partial charge in [0.05, 0.1) is 10.9 Å². The molecule has 1 atom stereocenters. The number of amides is 2. The van der Waals surface area contributed by atoms with Gasteiger partial charge in [-0.05, 0) is 58.7 Å². The lowest BCUT2D eigenvalue weighted by molar-refractivity contribution is -0.134. The van der Waals surface area contributed by atoms with Crippen LogP contribution in [-0.4, -0.2) is 29.2 Å². The third-order valence-electron chi connectivity index (χ3n) is 6.09. The van der Waals surface area contributed by atoms with Gasteiger partial charge >= 0.3 is 0 Å². The SMILES string of the molecule is O=C1CCC(c2cccc(-c3ccc4cc(OCC(=O)c5ccccn5)ccc4c3)c2Cl)C(=O)N1. The lowest BCUT2D eigenvalue weighted by atomic mass is 9.88. The number of hydrogen-bond acceptors (Lipinski definition) is 5. The summed E-state index contributed by atoms with van der Waals surface area (Å²) in [6, 6.07) is 22.4. The second-order valence-electron chi connectivity index (χ2n) is 8.36. The number of nitrogens with zero attached hydrogens (tertiary/aromatic N) is 1. The molecule has 0 saturated carbocycles.